The van der Waals surface area contributed by atoms with Gasteiger partial charge in [-0.05, 0) is 31.1 Å². The minimum atomic E-state index is 0.398. The minimum absolute atomic E-state index is 0.398. The second kappa shape index (κ2) is 12.8. The molecule has 136 valence electrons. The third kappa shape index (κ3) is 10.0. The Morgan fingerprint density at radius 1 is 0.826 bits per heavy atom. The normalized spacial score (nSPS) is 17.4. The van der Waals surface area contributed by atoms with Gasteiger partial charge in [-0.15, -0.1) is 0 Å². The van der Waals surface area contributed by atoms with Crippen LogP contribution in [0.2, 0.25) is 0 Å². The Labute approximate surface area is 145 Å². The number of unbranched alkanes of at least 4 members (excludes halogenated alkanes) is 6. The Balaban J connectivity index is 1.97. The Kier molecular flexibility index (Phi) is 11.5. The Morgan fingerprint density at radius 2 is 1.39 bits per heavy atom. The molecule has 1 rings (SSSR count). The second-order valence-corrected chi connectivity index (χ2v) is 7.99. The van der Waals surface area contributed by atoms with E-state index in [9.17, 15) is 4.79 Å². The molecule has 0 aliphatic carbocycles. The summed E-state index contributed by atoms with van der Waals surface area (Å²) in [7, 11) is 0. The predicted molar refractivity (Wildman–Crippen MR) is 101 cm³/mol. The smallest absolute Gasteiger partial charge is 0.222 e. The van der Waals surface area contributed by atoms with E-state index in [0.29, 0.717) is 11.8 Å². The third-order valence-corrected chi connectivity index (χ3v) is 5.43. The molecule has 2 nitrogen and oxygen atoms in total. The molecular formula is C21H41NO. The number of likely N-dealkylation sites (tertiary alicyclic amines) is 1. The Bertz CT molecular complexity index is 296. The molecule has 0 bridgehead atoms. The van der Waals surface area contributed by atoms with Gasteiger partial charge in [-0.3, -0.25) is 4.79 Å². The Morgan fingerprint density at radius 3 is 2.04 bits per heavy atom. The van der Waals surface area contributed by atoms with E-state index in [-0.39, 0.29) is 0 Å². The van der Waals surface area contributed by atoms with Crippen LogP contribution in [-0.2, 0) is 4.79 Å². The minimum Gasteiger partial charge on any atom is -0.343 e. The van der Waals surface area contributed by atoms with Crippen molar-refractivity contribution in [3.63, 3.8) is 0 Å². The van der Waals surface area contributed by atoms with Crippen molar-refractivity contribution in [2.75, 3.05) is 13.1 Å². The molecule has 0 aromatic rings. The van der Waals surface area contributed by atoms with Crippen LogP contribution in [0.3, 0.4) is 0 Å². The highest BCUT2D eigenvalue weighted by atomic mass is 16.2. The molecule has 23 heavy (non-hydrogen) atoms. The molecule has 2 unspecified atom stereocenters. The van der Waals surface area contributed by atoms with E-state index >= 15 is 0 Å². The van der Waals surface area contributed by atoms with E-state index in [2.05, 4.69) is 25.7 Å². The second-order valence-electron chi connectivity index (χ2n) is 7.99. The number of rotatable bonds is 13. The zero-order chi connectivity index (χ0) is 16.9. The van der Waals surface area contributed by atoms with Crippen molar-refractivity contribution in [3.05, 3.63) is 0 Å². The Hall–Kier alpha value is -0.530. The van der Waals surface area contributed by atoms with E-state index in [1.165, 1.54) is 77.0 Å². The summed E-state index contributed by atoms with van der Waals surface area (Å²) in [4.78, 5) is 14.2. The lowest BCUT2D eigenvalue weighted by Gasteiger charge is -2.19. The number of carbonyl (C=O) groups is 1. The summed E-state index contributed by atoms with van der Waals surface area (Å²) in [6.45, 7) is 8.93. The lowest BCUT2D eigenvalue weighted by Crippen LogP contribution is -2.28. The number of hydrogen-bond acceptors (Lipinski definition) is 1. The zero-order valence-electron chi connectivity index (χ0n) is 16.1. The van der Waals surface area contributed by atoms with Gasteiger partial charge in [0.15, 0.2) is 0 Å². The van der Waals surface area contributed by atoms with Gasteiger partial charge in [0.25, 0.3) is 0 Å². The number of carbonyl (C=O) groups excluding carboxylic acids is 1. The van der Waals surface area contributed by atoms with E-state index in [4.69, 9.17) is 0 Å². The molecule has 1 heterocycles. The molecule has 1 fully saturated rings. The first-order chi connectivity index (χ1) is 11.1. The van der Waals surface area contributed by atoms with Crippen molar-refractivity contribution in [3.8, 4) is 0 Å². The summed E-state index contributed by atoms with van der Waals surface area (Å²) in [5.41, 5.74) is 0. The number of amides is 1. The van der Waals surface area contributed by atoms with Crippen molar-refractivity contribution in [1.29, 1.82) is 0 Å². The summed E-state index contributed by atoms with van der Waals surface area (Å²) in [5.74, 6) is 1.78. The summed E-state index contributed by atoms with van der Waals surface area (Å²) in [6, 6.07) is 0. The third-order valence-electron chi connectivity index (χ3n) is 5.43. The lowest BCUT2D eigenvalue weighted by molar-refractivity contribution is -0.131. The van der Waals surface area contributed by atoms with Gasteiger partial charge in [-0.25, -0.2) is 0 Å². The van der Waals surface area contributed by atoms with Crippen molar-refractivity contribution in [2.24, 2.45) is 11.8 Å². The lowest BCUT2D eigenvalue weighted by atomic mass is 9.92. The van der Waals surface area contributed by atoms with Gasteiger partial charge >= 0.3 is 0 Å². The standard InChI is InChI=1S/C21H41NO/c1-4-5-6-7-8-9-10-13-19(2)14-15-20(3)18-21(23)22-16-11-12-17-22/h19-20H,4-18H2,1-3H3. The van der Waals surface area contributed by atoms with Gasteiger partial charge in [-0.1, -0.05) is 78.6 Å². The van der Waals surface area contributed by atoms with E-state index < -0.39 is 0 Å². The molecule has 0 saturated carbocycles. The highest BCUT2D eigenvalue weighted by Gasteiger charge is 2.19. The fourth-order valence-electron chi connectivity index (χ4n) is 3.66. The van der Waals surface area contributed by atoms with Gasteiger partial charge < -0.3 is 4.90 Å². The first kappa shape index (κ1) is 20.5. The van der Waals surface area contributed by atoms with Crippen LogP contribution in [0.1, 0.15) is 104 Å². The maximum Gasteiger partial charge on any atom is 0.222 e. The fraction of sp³-hybridized carbons (Fsp3) is 0.952. The molecule has 0 radical (unpaired) electrons. The first-order valence-electron chi connectivity index (χ1n) is 10.4. The maximum atomic E-state index is 12.1. The molecule has 1 aliphatic rings. The molecule has 0 aromatic carbocycles. The summed E-state index contributed by atoms with van der Waals surface area (Å²) < 4.78 is 0. The van der Waals surface area contributed by atoms with Gasteiger partial charge in [0.05, 0.1) is 0 Å². The summed E-state index contributed by atoms with van der Waals surface area (Å²) in [6.07, 6.45) is 16.9. The van der Waals surface area contributed by atoms with E-state index in [1.807, 2.05) is 0 Å². The number of nitrogens with zero attached hydrogens (tertiary/aromatic N) is 1. The van der Waals surface area contributed by atoms with Crippen LogP contribution in [0.4, 0.5) is 0 Å². The molecule has 1 aliphatic heterocycles. The topological polar surface area (TPSA) is 20.3 Å². The van der Waals surface area contributed by atoms with Crippen LogP contribution in [0, 0.1) is 11.8 Å². The molecule has 2 atom stereocenters. The van der Waals surface area contributed by atoms with Crippen molar-refractivity contribution in [2.45, 2.75) is 104 Å². The van der Waals surface area contributed by atoms with Crippen LogP contribution in [0.5, 0.6) is 0 Å². The van der Waals surface area contributed by atoms with Crippen LogP contribution in [0.15, 0.2) is 0 Å². The zero-order valence-corrected chi connectivity index (χ0v) is 16.1. The molecule has 1 saturated heterocycles. The maximum absolute atomic E-state index is 12.1. The predicted octanol–water partition coefficient (Wildman–Crippen LogP) is 6.19. The molecule has 0 N–H and O–H groups in total. The van der Waals surface area contributed by atoms with Gasteiger partial charge in [0.1, 0.15) is 0 Å². The average Bonchev–Trinajstić information content (AvgIpc) is 3.06. The largest absolute Gasteiger partial charge is 0.343 e. The number of hydrogen-bond donors (Lipinski definition) is 0. The molecule has 1 amide bonds. The summed E-state index contributed by atoms with van der Waals surface area (Å²) in [5, 5.41) is 0. The molecule has 0 aromatic heterocycles. The van der Waals surface area contributed by atoms with Gasteiger partial charge in [0, 0.05) is 19.5 Å². The van der Waals surface area contributed by atoms with Crippen molar-refractivity contribution >= 4 is 5.91 Å². The van der Waals surface area contributed by atoms with Crippen LogP contribution in [0.25, 0.3) is 0 Å². The van der Waals surface area contributed by atoms with Gasteiger partial charge in [-0.2, -0.15) is 0 Å². The van der Waals surface area contributed by atoms with Crippen LogP contribution < -0.4 is 0 Å². The molecule has 0 spiro atoms. The molecule has 2 heteroatoms. The first-order valence-corrected chi connectivity index (χ1v) is 10.4. The highest BCUT2D eigenvalue weighted by molar-refractivity contribution is 5.76. The van der Waals surface area contributed by atoms with Crippen molar-refractivity contribution in [1.82, 2.24) is 4.90 Å². The average molecular weight is 324 g/mol. The van der Waals surface area contributed by atoms with Crippen molar-refractivity contribution < 1.29 is 4.79 Å². The quantitative estimate of drug-likeness (QED) is 0.370. The SMILES string of the molecule is CCCCCCCCCC(C)CCC(C)CC(=O)N1CCCC1. The van der Waals surface area contributed by atoms with E-state index in [0.717, 1.165) is 25.4 Å². The highest BCUT2D eigenvalue weighted by Crippen LogP contribution is 2.21. The van der Waals surface area contributed by atoms with Crippen LogP contribution >= 0.6 is 0 Å². The van der Waals surface area contributed by atoms with Crippen LogP contribution in [-0.4, -0.2) is 23.9 Å². The van der Waals surface area contributed by atoms with Gasteiger partial charge in [0.2, 0.25) is 5.91 Å². The fourth-order valence-corrected chi connectivity index (χ4v) is 3.66. The monoisotopic (exact) mass is 323 g/mol. The molecular weight excluding hydrogens is 282 g/mol. The summed E-state index contributed by atoms with van der Waals surface area (Å²) >= 11 is 0. The van der Waals surface area contributed by atoms with E-state index in [1.54, 1.807) is 0 Å².